The van der Waals surface area contributed by atoms with E-state index in [2.05, 4.69) is 45.1 Å². The van der Waals surface area contributed by atoms with Crippen molar-refractivity contribution >= 4 is 5.97 Å². The van der Waals surface area contributed by atoms with Crippen LogP contribution in [0.2, 0.25) is 0 Å². The van der Waals surface area contributed by atoms with E-state index in [1.54, 1.807) is 0 Å². The van der Waals surface area contributed by atoms with Crippen molar-refractivity contribution in [1.82, 2.24) is 0 Å². The van der Waals surface area contributed by atoms with Gasteiger partial charge in [0.1, 0.15) is 6.10 Å². The van der Waals surface area contributed by atoms with Crippen LogP contribution in [0.3, 0.4) is 0 Å². The van der Waals surface area contributed by atoms with Crippen LogP contribution >= 0.6 is 0 Å². The Morgan fingerprint density at radius 1 is 1.31 bits per heavy atom. The molecule has 0 aromatic carbocycles. The van der Waals surface area contributed by atoms with Crippen molar-refractivity contribution in [1.29, 1.82) is 0 Å². The van der Waals surface area contributed by atoms with Crippen molar-refractivity contribution < 1.29 is 19.4 Å². The van der Waals surface area contributed by atoms with E-state index in [4.69, 9.17) is 9.47 Å². The zero-order chi connectivity index (χ0) is 23.5. The average molecular weight is 441 g/mol. The number of hydrogen-bond donors (Lipinski definition) is 1. The van der Waals surface area contributed by atoms with Crippen LogP contribution in [-0.2, 0) is 14.3 Å². The van der Waals surface area contributed by atoms with Crippen LogP contribution in [0.5, 0.6) is 0 Å². The highest BCUT2D eigenvalue weighted by molar-refractivity contribution is 5.82. The fourth-order valence-electron chi connectivity index (χ4n) is 4.18. The first-order valence-electron chi connectivity index (χ1n) is 11.8. The molecule has 32 heavy (non-hydrogen) atoms. The van der Waals surface area contributed by atoms with Crippen LogP contribution < -0.4 is 0 Å². The quantitative estimate of drug-likeness (QED) is 0.271. The van der Waals surface area contributed by atoms with Gasteiger partial charge >= 0.3 is 5.97 Å². The van der Waals surface area contributed by atoms with Crippen molar-refractivity contribution in [2.45, 2.75) is 84.7 Å². The van der Waals surface area contributed by atoms with Gasteiger partial charge in [-0.25, -0.2) is 4.79 Å². The lowest BCUT2D eigenvalue weighted by Gasteiger charge is -2.36. The molecule has 2 aliphatic rings. The largest absolute Gasteiger partial charge is 0.455 e. The molecule has 1 N–H and O–H groups in total. The van der Waals surface area contributed by atoms with Gasteiger partial charge in [0, 0.05) is 24.8 Å². The molecule has 1 saturated heterocycles. The minimum Gasteiger partial charge on any atom is -0.455 e. The average Bonchev–Trinajstić information content (AvgIpc) is 2.73. The highest BCUT2D eigenvalue weighted by Crippen LogP contribution is 2.28. The number of carbonyl (C=O) groups excluding carboxylic acids is 1. The molecule has 176 valence electrons. The molecule has 0 amide bonds. The number of hydrogen-bond acceptors (Lipinski definition) is 4. The summed E-state index contributed by atoms with van der Waals surface area (Å²) in [5, 5.41) is 10.3. The third-order valence-electron chi connectivity index (χ3n) is 5.93. The van der Waals surface area contributed by atoms with Crippen LogP contribution in [0.4, 0.5) is 0 Å². The predicted octanol–water partition coefficient (Wildman–Crippen LogP) is 6.01. The molecule has 0 saturated carbocycles. The minimum absolute atomic E-state index is 0.00835. The van der Waals surface area contributed by atoms with Gasteiger partial charge in [-0.3, -0.25) is 0 Å². The van der Waals surface area contributed by atoms with Gasteiger partial charge in [0.15, 0.2) is 0 Å². The Bertz CT molecular complexity index is 783. The zero-order valence-electron chi connectivity index (χ0n) is 20.2. The number of aliphatic hydroxyl groups excluding tert-OH is 1. The molecule has 1 fully saturated rings. The van der Waals surface area contributed by atoms with E-state index in [0.29, 0.717) is 12.3 Å². The Hall–Kier alpha value is -2.17. The smallest absolute Gasteiger partial charge is 0.331 e. The zero-order valence-corrected chi connectivity index (χ0v) is 20.2. The molecule has 4 unspecified atom stereocenters. The van der Waals surface area contributed by atoms with E-state index in [9.17, 15) is 9.90 Å². The first kappa shape index (κ1) is 26.1. The van der Waals surface area contributed by atoms with Gasteiger partial charge in [-0.2, -0.15) is 0 Å². The van der Waals surface area contributed by atoms with Gasteiger partial charge in [-0.15, -0.1) is 0 Å². The van der Waals surface area contributed by atoms with E-state index < -0.39 is 0 Å². The van der Waals surface area contributed by atoms with Gasteiger partial charge in [-0.1, -0.05) is 73.6 Å². The van der Waals surface area contributed by atoms with Gasteiger partial charge in [0.2, 0.25) is 0 Å². The van der Waals surface area contributed by atoms with E-state index in [1.807, 2.05) is 44.2 Å². The van der Waals surface area contributed by atoms with E-state index in [0.717, 1.165) is 19.3 Å². The van der Waals surface area contributed by atoms with Crippen LogP contribution in [0.25, 0.3) is 0 Å². The summed E-state index contributed by atoms with van der Waals surface area (Å²) in [4.78, 5) is 11.3. The molecular formula is C28H40O4. The second-order valence-electron chi connectivity index (χ2n) is 9.15. The van der Waals surface area contributed by atoms with E-state index in [1.165, 1.54) is 17.2 Å². The van der Waals surface area contributed by atoms with Gasteiger partial charge in [0.25, 0.3) is 0 Å². The second kappa shape index (κ2) is 13.4. The predicted molar refractivity (Wildman–Crippen MR) is 131 cm³/mol. The molecule has 2 heterocycles. The molecule has 0 spiro atoms. The topological polar surface area (TPSA) is 55.8 Å². The fraction of sp³-hybridized carbons (Fsp3) is 0.536. The maximum absolute atomic E-state index is 11.3. The number of ether oxygens (including phenoxy) is 2. The highest BCUT2D eigenvalue weighted by Gasteiger charge is 2.32. The fourth-order valence-corrected chi connectivity index (χ4v) is 4.18. The second-order valence-corrected chi connectivity index (χ2v) is 9.15. The molecule has 4 heteroatoms. The number of allylic oxidation sites excluding steroid dienone is 7. The van der Waals surface area contributed by atoms with Crippen LogP contribution in [0, 0.1) is 11.8 Å². The number of esters is 1. The number of rotatable bonds is 9. The van der Waals surface area contributed by atoms with Gasteiger partial charge in [-0.05, 0) is 45.6 Å². The molecule has 0 aromatic heterocycles. The highest BCUT2D eigenvalue weighted by atomic mass is 16.5. The lowest BCUT2D eigenvalue weighted by Crippen LogP contribution is -2.41. The van der Waals surface area contributed by atoms with Gasteiger partial charge < -0.3 is 14.6 Å². The molecule has 2 rings (SSSR count). The Balaban J connectivity index is 1.78. The first-order chi connectivity index (χ1) is 15.3. The van der Waals surface area contributed by atoms with Crippen molar-refractivity contribution in [3.63, 3.8) is 0 Å². The monoisotopic (exact) mass is 440 g/mol. The van der Waals surface area contributed by atoms with E-state index >= 15 is 0 Å². The summed E-state index contributed by atoms with van der Waals surface area (Å²) in [6.45, 7) is 10.5. The lowest BCUT2D eigenvalue weighted by atomic mass is 9.89. The van der Waals surface area contributed by atoms with Crippen molar-refractivity contribution in [3.05, 3.63) is 71.9 Å². The summed E-state index contributed by atoms with van der Waals surface area (Å²) in [6, 6.07) is 0. The summed E-state index contributed by atoms with van der Waals surface area (Å²) in [6.07, 6.45) is 22.8. The van der Waals surface area contributed by atoms with Crippen LogP contribution in [0.15, 0.2) is 71.9 Å². The molecule has 2 aliphatic heterocycles. The molecule has 0 aromatic rings. The Morgan fingerprint density at radius 2 is 2.09 bits per heavy atom. The van der Waals surface area contributed by atoms with Crippen LogP contribution in [-0.4, -0.2) is 35.5 Å². The summed E-state index contributed by atoms with van der Waals surface area (Å²) in [7, 11) is 0. The molecule has 6 atom stereocenters. The third kappa shape index (κ3) is 9.13. The Labute approximate surface area is 194 Å². The minimum atomic E-state index is -0.313. The van der Waals surface area contributed by atoms with E-state index in [-0.39, 0.29) is 36.3 Å². The molecule has 4 nitrogen and oxygen atoms in total. The molecule has 0 bridgehead atoms. The third-order valence-corrected chi connectivity index (χ3v) is 5.93. The number of carbonyl (C=O) groups is 1. The normalized spacial score (nSPS) is 31.1. The molecular weight excluding hydrogens is 400 g/mol. The summed E-state index contributed by atoms with van der Waals surface area (Å²) < 4.78 is 11.4. The number of cyclic esters (lactones) is 1. The van der Waals surface area contributed by atoms with Crippen molar-refractivity contribution in [2.24, 2.45) is 11.8 Å². The Morgan fingerprint density at radius 3 is 2.81 bits per heavy atom. The van der Waals surface area contributed by atoms with Crippen molar-refractivity contribution in [2.75, 3.05) is 0 Å². The Kier molecular flexibility index (Phi) is 10.9. The maximum Gasteiger partial charge on any atom is 0.331 e. The van der Waals surface area contributed by atoms with Crippen molar-refractivity contribution in [3.8, 4) is 0 Å². The standard InChI is InChI=1S/C28H40O4/c1-6-10-27-23(5)26(29)19-25(31-27)12-8-7-11-20(2)17-22(4)18-21(3)15-16-24-13-9-14-28(30)32-24/h6-11,14-16,18,22-27,29H,12-13,17,19H2,1-5H3/b8-7+,10-6+,16-15+,20-11+,21-18-/t22-,23+,24?,25?,26?,27?/m1/s1. The summed E-state index contributed by atoms with van der Waals surface area (Å²) >= 11 is 0. The first-order valence-corrected chi connectivity index (χ1v) is 11.8. The SMILES string of the molecule is C/C=C/C1OC(C/C=C/C=C(\C)C[C@@H](C)/C=C(C)\C=C\C2CC=CC(=O)O2)CC(O)[C@@H]1C. The summed E-state index contributed by atoms with van der Waals surface area (Å²) in [5.41, 5.74) is 2.49. The number of aliphatic hydroxyl groups is 1. The van der Waals surface area contributed by atoms with Gasteiger partial charge in [0.05, 0.1) is 18.3 Å². The lowest BCUT2D eigenvalue weighted by molar-refractivity contribution is -0.141. The summed E-state index contributed by atoms with van der Waals surface area (Å²) in [5.74, 6) is 0.280. The molecule has 0 radical (unpaired) electrons. The maximum atomic E-state index is 11.3. The molecule has 0 aliphatic carbocycles. The van der Waals surface area contributed by atoms with Crippen LogP contribution in [0.1, 0.15) is 60.3 Å².